The number of hydrogen-bond acceptors (Lipinski definition) is 4. The second-order valence-corrected chi connectivity index (χ2v) is 6.14. The lowest BCUT2D eigenvalue weighted by Gasteiger charge is -2.18. The lowest BCUT2D eigenvalue weighted by atomic mass is 9.96. The summed E-state index contributed by atoms with van der Waals surface area (Å²) in [5.41, 5.74) is 1.15. The summed E-state index contributed by atoms with van der Waals surface area (Å²) < 4.78 is 23.1. The van der Waals surface area contributed by atoms with Crippen molar-refractivity contribution in [1.82, 2.24) is 5.32 Å². The third-order valence-electron chi connectivity index (χ3n) is 4.13. The van der Waals surface area contributed by atoms with Crippen LogP contribution in [0.1, 0.15) is 31.7 Å². The maximum Gasteiger partial charge on any atom is 0.344 e. The molecular formula is C21H24FNO4. The quantitative estimate of drug-likeness (QED) is 0.684. The number of carbonyl (C=O) groups excluding carboxylic acids is 2. The number of amides is 1. The molecule has 0 aromatic heterocycles. The smallest absolute Gasteiger partial charge is 0.344 e. The molecule has 0 aliphatic carbocycles. The van der Waals surface area contributed by atoms with Crippen molar-refractivity contribution in [2.24, 2.45) is 0 Å². The zero-order valence-corrected chi connectivity index (χ0v) is 15.5. The number of esters is 1. The van der Waals surface area contributed by atoms with Gasteiger partial charge in [-0.15, -0.1) is 0 Å². The molecule has 2 rings (SSSR count). The van der Waals surface area contributed by atoms with Gasteiger partial charge in [0.1, 0.15) is 11.6 Å². The van der Waals surface area contributed by atoms with Gasteiger partial charge in [0.2, 0.25) is 0 Å². The first-order chi connectivity index (χ1) is 13.0. The van der Waals surface area contributed by atoms with Gasteiger partial charge in [0.25, 0.3) is 5.91 Å². The van der Waals surface area contributed by atoms with Crippen LogP contribution in [0.5, 0.6) is 5.75 Å². The van der Waals surface area contributed by atoms with Crippen molar-refractivity contribution in [3.63, 3.8) is 0 Å². The third kappa shape index (κ3) is 6.73. The van der Waals surface area contributed by atoms with Crippen molar-refractivity contribution in [3.05, 3.63) is 66.0 Å². The number of nitrogens with one attached hydrogen (secondary N) is 1. The van der Waals surface area contributed by atoms with Crippen molar-refractivity contribution in [1.29, 1.82) is 0 Å². The molecule has 0 fully saturated rings. The molecule has 2 atom stereocenters. The van der Waals surface area contributed by atoms with Gasteiger partial charge in [-0.2, -0.15) is 0 Å². The van der Waals surface area contributed by atoms with E-state index in [1.807, 2.05) is 30.3 Å². The molecule has 0 saturated heterocycles. The van der Waals surface area contributed by atoms with Gasteiger partial charge in [-0.1, -0.05) is 37.3 Å². The normalized spacial score (nSPS) is 12.7. The van der Waals surface area contributed by atoms with E-state index in [1.54, 1.807) is 0 Å². The number of ether oxygens (including phenoxy) is 2. The molecule has 5 nitrogen and oxygen atoms in total. The van der Waals surface area contributed by atoms with E-state index in [0.717, 1.165) is 12.0 Å². The van der Waals surface area contributed by atoms with Crippen LogP contribution in [0.15, 0.2) is 54.6 Å². The Morgan fingerprint density at radius 1 is 1.07 bits per heavy atom. The molecule has 0 bridgehead atoms. The minimum atomic E-state index is -0.928. The molecule has 0 radical (unpaired) electrons. The van der Waals surface area contributed by atoms with E-state index in [0.29, 0.717) is 12.3 Å². The van der Waals surface area contributed by atoms with Gasteiger partial charge >= 0.3 is 5.97 Å². The van der Waals surface area contributed by atoms with Gasteiger partial charge in [0, 0.05) is 12.5 Å². The first kappa shape index (κ1) is 20.4. The molecule has 0 spiro atoms. The number of carbonyl (C=O) groups is 2. The van der Waals surface area contributed by atoms with Gasteiger partial charge in [0.05, 0.1) is 0 Å². The van der Waals surface area contributed by atoms with E-state index in [1.165, 1.54) is 31.2 Å². The molecule has 0 unspecified atom stereocenters. The van der Waals surface area contributed by atoms with E-state index in [-0.39, 0.29) is 18.4 Å². The molecule has 0 aliphatic rings. The molecule has 2 aromatic carbocycles. The van der Waals surface area contributed by atoms with Crippen LogP contribution in [-0.2, 0) is 14.3 Å². The first-order valence-electron chi connectivity index (χ1n) is 8.90. The highest BCUT2D eigenvalue weighted by molar-refractivity contribution is 5.83. The summed E-state index contributed by atoms with van der Waals surface area (Å²) >= 11 is 0. The van der Waals surface area contributed by atoms with Crippen LogP contribution in [-0.4, -0.2) is 31.1 Å². The predicted molar refractivity (Wildman–Crippen MR) is 99.9 cm³/mol. The summed E-state index contributed by atoms with van der Waals surface area (Å²) in [6.45, 7) is 3.67. The summed E-state index contributed by atoms with van der Waals surface area (Å²) in [6, 6.07) is 15.2. The first-order valence-corrected chi connectivity index (χ1v) is 8.90. The molecule has 27 heavy (non-hydrogen) atoms. The standard InChI is InChI=1S/C21H24FNO4/c1-3-16(17-7-5-4-6-8-17)13-23-21(25)15(2)27-20(24)14-26-19-11-9-18(22)10-12-19/h4-12,15-16H,3,13-14H2,1-2H3,(H,23,25)/t15-,16-/m0/s1. The topological polar surface area (TPSA) is 64.6 Å². The Kier molecular flexibility index (Phi) is 7.79. The SMILES string of the molecule is CC[C@@H](CNC(=O)[C@H](C)OC(=O)COc1ccc(F)cc1)c1ccccc1. The highest BCUT2D eigenvalue weighted by atomic mass is 19.1. The monoisotopic (exact) mass is 373 g/mol. The molecular weight excluding hydrogens is 349 g/mol. The second kappa shape index (κ2) is 10.3. The van der Waals surface area contributed by atoms with Gasteiger partial charge in [-0.3, -0.25) is 4.79 Å². The average molecular weight is 373 g/mol. The molecule has 1 N–H and O–H groups in total. The second-order valence-electron chi connectivity index (χ2n) is 6.14. The van der Waals surface area contributed by atoms with Crippen LogP contribution < -0.4 is 10.1 Å². The molecule has 0 aliphatic heterocycles. The third-order valence-corrected chi connectivity index (χ3v) is 4.13. The summed E-state index contributed by atoms with van der Waals surface area (Å²) in [6.07, 6.45) is -0.0492. The Balaban J connectivity index is 1.75. The Morgan fingerprint density at radius 2 is 1.74 bits per heavy atom. The van der Waals surface area contributed by atoms with Crippen LogP contribution in [0.3, 0.4) is 0 Å². The Morgan fingerprint density at radius 3 is 2.37 bits per heavy atom. The van der Waals surface area contributed by atoms with Gasteiger partial charge < -0.3 is 14.8 Å². The number of benzene rings is 2. The molecule has 6 heteroatoms. The summed E-state index contributed by atoms with van der Waals surface area (Å²) in [7, 11) is 0. The maximum absolute atomic E-state index is 12.8. The van der Waals surface area contributed by atoms with Crippen molar-refractivity contribution in [2.45, 2.75) is 32.3 Å². The zero-order valence-electron chi connectivity index (χ0n) is 15.5. The Bertz CT molecular complexity index is 734. The largest absolute Gasteiger partial charge is 0.482 e. The van der Waals surface area contributed by atoms with E-state index in [9.17, 15) is 14.0 Å². The lowest BCUT2D eigenvalue weighted by Crippen LogP contribution is -2.38. The number of hydrogen-bond donors (Lipinski definition) is 1. The average Bonchev–Trinajstić information content (AvgIpc) is 2.68. The minimum Gasteiger partial charge on any atom is -0.482 e. The zero-order chi connectivity index (χ0) is 19.6. The van der Waals surface area contributed by atoms with Gasteiger partial charge in [-0.05, 0) is 43.2 Å². The van der Waals surface area contributed by atoms with E-state index in [4.69, 9.17) is 9.47 Å². The lowest BCUT2D eigenvalue weighted by molar-refractivity contribution is -0.156. The van der Waals surface area contributed by atoms with Crippen LogP contribution in [0.25, 0.3) is 0 Å². The van der Waals surface area contributed by atoms with E-state index >= 15 is 0 Å². The number of halogens is 1. The molecule has 144 valence electrons. The maximum atomic E-state index is 12.8. The Hall–Kier alpha value is -2.89. The molecule has 0 saturated carbocycles. The van der Waals surface area contributed by atoms with Crippen LogP contribution in [0.2, 0.25) is 0 Å². The summed E-state index contributed by atoms with van der Waals surface area (Å²) in [5.74, 6) is -0.883. The highest BCUT2D eigenvalue weighted by Crippen LogP contribution is 2.18. The van der Waals surface area contributed by atoms with Crippen molar-refractivity contribution < 1.29 is 23.5 Å². The fourth-order valence-corrected chi connectivity index (χ4v) is 2.55. The van der Waals surface area contributed by atoms with Crippen molar-refractivity contribution >= 4 is 11.9 Å². The predicted octanol–water partition coefficient (Wildman–Crippen LogP) is 3.45. The van der Waals surface area contributed by atoms with E-state index < -0.39 is 17.9 Å². The fourth-order valence-electron chi connectivity index (χ4n) is 2.55. The summed E-state index contributed by atoms with van der Waals surface area (Å²) in [4.78, 5) is 24.0. The molecule has 2 aromatic rings. The van der Waals surface area contributed by atoms with Crippen LogP contribution >= 0.6 is 0 Å². The molecule has 0 heterocycles. The van der Waals surface area contributed by atoms with Gasteiger partial charge in [-0.25, -0.2) is 9.18 Å². The van der Waals surface area contributed by atoms with Crippen LogP contribution in [0, 0.1) is 5.82 Å². The Labute approximate surface area is 158 Å². The van der Waals surface area contributed by atoms with Crippen molar-refractivity contribution in [3.8, 4) is 5.75 Å². The van der Waals surface area contributed by atoms with Gasteiger partial charge in [0.15, 0.2) is 12.7 Å². The van der Waals surface area contributed by atoms with Crippen LogP contribution in [0.4, 0.5) is 4.39 Å². The fraction of sp³-hybridized carbons (Fsp3) is 0.333. The minimum absolute atomic E-state index is 0.194. The molecule has 1 amide bonds. The van der Waals surface area contributed by atoms with E-state index in [2.05, 4.69) is 12.2 Å². The number of rotatable bonds is 9. The summed E-state index contributed by atoms with van der Waals surface area (Å²) in [5, 5.41) is 2.82. The van der Waals surface area contributed by atoms with Crippen molar-refractivity contribution in [2.75, 3.05) is 13.2 Å². The highest BCUT2D eigenvalue weighted by Gasteiger charge is 2.19.